The number of nitrogens with one attached hydrogen (secondary N) is 2. The maximum Gasteiger partial charge on any atom is 0.422 e. The fraction of sp³-hybridized carbons (Fsp3) is 0.462. The molecular formula is C13H20N2O4S. The van der Waals surface area contributed by atoms with Crippen LogP contribution in [0.5, 0.6) is 0 Å². The number of hydrogen-bond donors (Lipinski definition) is 2. The molecule has 0 aliphatic heterocycles. The summed E-state index contributed by atoms with van der Waals surface area (Å²) in [7, 11) is -3.84. The Morgan fingerprint density at radius 2 is 1.65 bits per heavy atom. The lowest BCUT2D eigenvalue weighted by molar-refractivity contribution is 0.150. The van der Waals surface area contributed by atoms with Gasteiger partial charge in [-0.05, 0) is 56.9 Å². The SMILES string of the molecule is CCOC(=O)NNS(=O)(=O)c1c(C)c(C)cc(C)c1C. The molecular weight excluding hydrogens is 280 g/mol. The third-order valence-corrected chi connectivity index (χ3v) is 4.65. The molecule has 1 rings (SSSR count). The Bertz CT molecular complexity index is 597. The molecule has 20 heavy (non-hydrogen) atoms. The maximum atomic E-state index is 12.3. The fourth-order valence-corrected chi connectivity index (χ4v) is 3.36. The van der Waals surface area contributed by atoms with Gasteiger partial charge in [0.1, 0.15) is 0 Å². The van der Waals surface area contributed by atoms with Gasteiger partial charge in [-0.25, -0.2) is 18.6 Å². The lowest BCUT2D eigenvalue weighted by atomic mass is 10.0. The number of sulfonamides is 1. The summed E-state index contributed by atoms with van der Waals surface area (Å²) in [4.78, 5) is 13.4. The predicted octanol–water partition coefficient (Wildman–Crippen LogP) is 1.86. The van der Waals surface area contributed by atoms with Gasteiger partial charge in [-0.1, -0.05) is 6.07 Å². The van der Waals surface area contributed by atoms with E-state index in [1.807, 2.05) is 30.2 Å². The second kappa shape index (κ2) is 6.23. The van der Waals surface area contributed by atoms with Crippen LogP contribution in [0.15, 0.2) is 11.0 Å². The highest BCUT2D eigenvalue weighted by atomic mass is 32.2. The number of ether oxygens (including phenoxy) is 1. The quantitative estimate of drug-likeness (QED) is 0.831. The zero-order valence-corrected chi connectivity index (χ0v) is 13.1. The number of benzene rings is 1. The molecule has 112 valence electrons. The molecule has 0 radical (unpaired) electrons. The molecule has 0 heterocycles. The number of rotatable bonds is 4. The van der Waals surface area contributed by atoms with E-state index in [-0.39, 0.29) is 11.5 Å². The second-order valence-electron chi connectivity index (χ2n) is 4.54. The van der Waals surface area contributed by atoms with E-state index >= 15 is 0 Å². The first-order chi connectivity index (χ1) is 9.20. The van der Waals surface area contributed by atoms with Crippen molar-refractivity contribution in [2.75, 3.05) is 6.61 Å². The summed E-state index contributed by atoms with van der Waals surface area (Å²) in [5.74, 6) is 0. The van der Waals surface area contributed by atoms with Crippen molar-refractivity contribution in [3.8, 4) is 0 Å². The van der Waals surface area contributed by atoms with Gasteiger partial charge in [-0.2, -0.15) is 0 Å². The average Bonchev–Trinajstić information content (AvgIpc) is 2.35. The number of hydrazine groups is 1. The summed E-state index contributed by atoms with van der Waals surface area (Å²) in [5.41, 5.74) is 5.09. The van der Waals surface area contributed by atoms with Gasteiger partial charge in [-0.15, -0.1) is 4.83 Å². The van der Waals surface area contributed by atoms with Gasteiger partial charge in [0, 0.05) is 0 Å². The van der Waals surface area contributed by atoms with Crippen LogP contribution >= 0.6 is 0 Å². The van der Waals surface area contributed by atoms with E-state index in [0.29, 0.717) is 11.1 Å². The van der Waals surface area contributed by atoms with Crippen molar-refractivity contribution in [3.05, 3.63) is 28.3 Å². The Morgan fingerprint density at radius 1 is 1.15 bits per heavy atom. The van der Waals surface area contributed by atoms with Crippen LogP contribution in [-0.4, -0.2) is 21.1 Å². The van der Waals surface area contributed by atoms with E-state index in [9.17, 15) is 13.2 Å². The normalized spacial score (nSPS) is 11.2. The number of amides is 1. The molecule has 0 atom stereocenters. The zero-order chi connectivity index (χ0) is 15.5. The third kappa shape index (κ3) is 3.49. The minimum atomic E-state index is -3.84. The highest BCUT2D eigenvalue weighted by molar-refractivity contribution is 7.89. The molecule has 7 heteroatoms. The minimum absolute atomic E-state index is 0.162. The summed E-state index contributed by atoms with van der Waals surface area (Å²) in [5, 5.41) is 0. The predicted molar refractivity (Wildman–Crippen MR) is 75.9 cm³/mol. The summed E-state index contributed by atoms with van der Waals surface area (Å²) >= 11 is 0. The molecule has 0 spiro atoms. The fourth-order valence-electron chi connectivity index (χ4n) is 1.91. The first-order valence-electron chi connectivity index (χ1n) is 6.22. The molecule has 0 aromatic heterocycles. The Balaban J connectivity index is 3.14. The summed E-state index contributed by atoms with van der Waals surface area (Å²) in [6.07, 6.45) is -0.837. The van der Waals surface area contributed by atoms with E-state index in [0.717, 1.165) is 11.1 Å². The number of aryl methyl sites for hydroxylation is 2. The summed E-state index contributed by atoms with van der Waals surface area (Å²) in [6, 6.07) is 1.93. The number of carbonyl (C=O) groups is 1. The summed E-state index contributed by atoms with van der Waals surface area (Å²) < 4.78 is 29.2. The Kier molecular flexibility index (Phi) is 5.13. The molecule has 1 amide bonds. The minimum Gasteiger partial charge on any atom is -0.449 e. The van der Waals surface area contributed by atoms with E-state index in [1.54, 1.807) is 20.8 Å². The van der Waals surface area contributed by atoms with Crippen molar-refractivity contribution in [1.29, 1.82) is 0 Å². The van der Waals surface area contributed by atoms with Gasteiger partial charge in [0.15, 0.2) is 0 Å². The molecule has 2 N–H and O–H groups in total. The molecule has 0 bridgehead atoms. The zero-order valence-electron chi connectivity index (χ0n) is 12.3. The van der Waals surface area contributed by atoms with Crippen LogP contribution in [-0.2, 0) is 14.8 Å². The maximum absolute atomic E-state index is 12.3. The van der Waals surface area contributed by atoms with Crippen LogP contribution < -0.4 is 10.3 Å². The van der Waals surface area contributed by atoms with Crippen molar-refractivity contribution >= 4 is 16.1 Å². The van der Waals surface area contributed by atoms with E-state index in [1.165, 1.54) is 0 Å². The first-order valence-corrected chi connectivity index (χ1v) is 7.71. The van der Waals surface area contributed by atoms with Crippen molar-refractivity contribution in [2.45, 2.75) is 39.5 Å². The molecule has 0 saturated heterocycles. The Morgan fingerprint density at radius 3 is 2.10 bits per heavy atom. The molecule has 1 aromatic rings. The van der Waals surface area contributed by atoms with E-state index in [4.69, 9.17) is 0 Å². The lowest BCUT2D eigenvalue weighted by Crippen LogP contribution is -2.42. The van der Waals surface area contributed by atoms with Crippen LogP contribution in [0.4, 0.5) is 4.79 Å². The molecule has 0 fully saturated rings. The van der Waals surface area contributed by atoms with Gasteiger partial charge >= 0.3 is 6.09 Å². The monoisotopic (exact) mass is 300 g/mol. The average molecular weight is 300 g/mol. The molecule has 0 saturated carbocycles. The Hall–Kier alpha value is -1.60. The molecule has 0 unspecified atom stereocenters. The molecule has 0 aliphatic rings. The van der Waals surface area contributed by atoms with Crippen LogP contribution in [0, 0.1) is 27.7 Å². The smallest absolute Gasteiger partial charge is 0.422 e. The molecule has 6 nitrogen and oxygen atoms in total. The van der Waals surface area contributed by atoms with Gasteiger partial charge in [-0.3, -0.25) is 0 Å². The van der Waals surface area contributed by atoms with Crippen molar-refractivity contribution in [3.63, 3.8) is 0 Å². The van der Waals surface area contributed by atoms with Gasteiger partial charge < -0.3 is 4.74 Å². The standard InChI is InChI=1S/C13H20N2O4S/c1-6-19-13(16)14-15-20(17,18)12-10(4)8(2)7-9(3)11(12)5/h7,15H,6H2,1-5H3,(H,14,16). The van der Waals surface area contributed by atoms with Crippen LogP contribution in [0.1, 0.15) is 29.2 Å². The van der Waals surface area contributed by atoms with Crippen molar-refractivity contribution in [1.82, 2.24) is 10.3 Å². The van der Waals surface area contributed by atoms with Gasteiger partial charge in [0.2, 0.25) is 0 Å². The first kappa shape index (κ1) is 16.5. The topological polar surface area (TPSA) is 84.5 Å². The van der Waals surface area contributed by atoms with Crippen LogP contribution in [0.3, 0.4) is 0 Å². The highest BCUT2D eigenvalue weighted by Crippen LogP contribution is 2.25. The molecule has 1 aromatic carbocycles. The van der Waals surface area contributed by atoms with E-state index < -0.39 is 16.1 Å². The van der Waals surface area contributed by atoms with Gasteiger partial charge in [0.25, 0.3) is 10.0 Å². The second-order valence-corrected chi connectivity index (χ2v) is 6.16. The summed E-state index contributed by atoms with van der Waals surface area (Å²) in [6.45, 7) is 8.96. The van der Waals surface area contributed by atoms with Crippen LogP contribution in [0.25, 0.3) is 0 Å². The largest absolute Gasteiger partial charge is 0.449 e. The van der Waals surface area contributed by atoms with E-state index in [2.05, 4.69) is 4.74 Å². The number of carbonyl (C=O) groups excluding carboxylic acids is 1. The molecule has 0 aliphatic carbocycles. The van der Waals surface area contributed by atoms with Gasteiger partial charge in [0.05, 0.1) is 11.5 Å². The third-order valence-electron chi connectivity index (χ3n) is 3.13. The number of hydrogen-bond acceptors (Lipinski definition) is 4. The van der Waals surface area contributed by atoms with Crippen molar-refractivity contribution in [2.24, 2.45) is 0 Å². The Labute approximate surface area is 119 Å². The van der Waals surface area contributed by atoms with Crippen molar-refractivity contribution < 1.29 is 17.9 Å². The highest BCUT2D eigenvalue weighted by Gasteiger charge is 2.22. The lowest BCUT2D eigenvalue weighted by Gasteiger charge is -2.16. The van der Waals surface area contributed by atoms with Crippen LogP contribution in [0.2, 0.25) is 0 Å².